The molecule has 1 aromatic carbocycles. The zero-order valence-corrected chi connectivity index (χ0v) is 22.1. The second kappa shape index (κ2) is 10.0. The number of rotatable bonds is 8. The van der Waals surface area contributed by atoms with E-state index in [-0.39, 0.29) is 28.6 Å². The van der Waals surface area contributed by atoms with Gasteiger partial charge >= 0.3 is 21.5 Å². The molecule has 8 nitrogen and oxygen atoms in total. The third kappa shape index (κ3) is 4.94. The average Bonchev–Trinajstić information content (AvgIpc) is 3.27. The lowest BCUT2D eigenvalue weighted by atomic mass is 10.0. The number of aromatic nitrogens is 2. The molecule has 0 atom stereocenters. The van der Waals surface area contributed by atoms with Gasteiger partial charge < -0.3 is 14.1 Å². The highest BCUT2D eigenvalue weighted by molar-refractivity contribution is 9.10. The van der Waals surface area contributed by atoms with Crippen LogP contribution in [0.3, 0.4) is 0 Å². The average molecular weight is 621 g/mol. The molecule has 2 aliphatic rings. The molecule has 0 unspecified atom stereocenters. The molecule has 1 aliphatic carbocycles. The summed E-state index contributed by atoms with van der Waals surface area (Å²) in [5.41, 5.74) is -3.97. The number of nitrogens with zero attached hydrogens (tertiary/aromatic N) is 2. The van der Waals surface area contributed by atoms with Gasteiger partial charge in [-0.2, -0.15) is 21.6 Å². The number of carboxylic acids is 1. The van der Waals surface area contributed by atoms with Gasteiger partial charge in [-0.15, -0.1) is 0 Å². The van der Waals surface area contributed by atoms with Crippen molar-refractivity contribution in [2.45, 2.75) is 31.8 Å². The van der Waals surface area contributed by atoms with E-state index < -0.39 is 21.5 Å². The van der Waals surface area contributed by atoms with Gasteiger partial charge in [0.05, 0.1) is 24.8 Å². The number of halogens is 5. The Morgan fingerprint density at radius 2 is 1.92 bits per heavy atom. The standard InChI is InChI=1S/C23H18BrClF3N3O5S/c1-2-5-17-29-21(25)20(22(32)33)31(17)10-14-12-8-9-36-11-15(12)19(24)18(14)13-6-3-4-7-16(13)30-37(34,35)23(26,27)28/h3-4,6-9,11,30H,2,5,10H2,1H3,(H,32,33). The van der Waals surface area contributed by atoms with Crippen LogP contribution >= 0.6 is 27.5 Å². The maximum atomic E-state index is 13.2. The van der Waals surface area contributed by atoms with Crippen LogP contribution in [0.2, 0.25) is 5.15 Å². The zero-order chi connectivity index (χ0) is 27.1. The molecule has 0 saturated heterocycles. The summed E-state index contributed by atoms with van der Waals surface area (Å²) in [5, 5.41) is 9.61. The third-order valence-electron chi connectivity index (χ3n) is 5.61. The van der Waals surface area contributed by atoms with Gasteiger partial charge in [-0.25, -0.2) is 9.78 Å². The van der Waals surface area contributed by atoms with Crippen LogP contribution in [-0.2, 0) is 23.0 Å². The number of hydrogen-bond acceptors (Lipinski definition) is 5. The van der Waals surface area contributed by atoms with E-state index >= 15 is 0 Å². The summed E-state index contributed by atoms with van der Waals surface area (Å²) in [6, 6.07) is 7.22. The monoisotopic (exact) mass is 619 g/mol. The van der Waals surface area contributed by atoms with Crippen molar-refractivity contribution in [2.75, 3.05) is 4.72 Å². The Morgan fingerprint density at radius 3 is 2.57 bits per heavy atom. The Labute approximate surface area is 222 Å². The molecule has 0 radical (unpaired) electrons. The topological polar surface area (TPSA) is 114 Å². The summed E-state index contributed by atoms with van der Waals surface area (Å²) < 4.78 is 72.1. The van der Waals surface area contributed by atoms with Gasteiger partial charge in [0, 0.05) is 27.6 Å². The van der Waals surface area contributed by atoms with Crippen LogP contribution in [0.5, 0.6) is 0 Å². The van der Waals surface area contributed by atoms with Crippen LogP contribution < -0.4 is 4.72 Å². The number of anilines is 1. The first-order valence-corrected chi connectivity index (χ1v) is 13.4. The van der Waals surface area contributed by atoms with E-state index in [9.17, 15) is 31.5 Å². The van der Waals surface area contributed by atoms with Crippen LogP contribution in [0.15, 0.2) is 51.7 Å². The molecule has 37 heavy (non-hydrogen) atoms. The number of fused-ring (bicyclic) bond motifs is 1. The molecule has 1 aliphatic heterocycles. The molecule has 196 valence electrons. The molecule has 0 spiro atoms. The van der Waals surface area contributed by atoms with Crippen molar-refractivity contribution in [2.24, 2.45) is 0 Å². The molecule has 0 saturated carbocycles. The van der Waals surface area contributed by atoms with Crippen LogP contribution in [0.1, 0.15) is 35.2 Å². The molecule has 2 N–H and O–H groups in total. The van der Waals surface area contributed by atoms with E-state index in [2.05, 4.69) is 20.9 Å². The number of hydrogen-bond donors (Lipinski definition) is 2. The van der Waals surface area contributed by atoms with Gasteiger partial charge in [-0.05, 0) is 45.6 Å². The number of carboxylic acid groups (broad SMARTS) is 1. The van der Waals surface area contributed by atoms with Crippen molar-refractivity contribution < 1.29 is 35.9 Å². The maximum absolute atomic E-state index is 13.2. The van der Waals surface area contributed by atoms with Crippen LogP contribution in [0.25, 0.3) is 22.3 Å². The molecule has 0 fully saturated rings. The molecular formula is C23H18BrClF3N3O5S. The van der Waals surface area contributed by atoms with E-state index in [1.807, 2.05) is 6.92 Å². The Kier molecular flexibility index (Phi) is 7.32. The lowest BCUT2D eigenvalue weighted by Crippen LogP contribution is -2.30. The second-order valence-corrected chi connectivity index (χ2v) is 10.8. The molecule has 2 aromatic rings. The summed E-state index contributed by atoms with van der Waals surface area (Å²) in [7, 11) is -5.72. The van der Waals surface area contributed by atoms with E-state index in [1.165, 1.54) is 41.4 Å². The Balaban J connectivity index is 1.98. The van der Waals surface area contributed by atoms with E-state index in [0.29, 0.717) is 45.4 Å². The third-order valence-corrected chi connectivity index (χ3v) is 7.80. The van der Waals surface area contributed by atoms with Crippen LogP contribution in [0.4, 0.5) is 18.9 Å². The predicted molar refractivity (Wildman–Crippen MR) is 134 cm³/mol. The quantitative estimate of drug-likeness (QED) is 0.229. The van der Waals surface area contributed by atoms with E-state index in [1.54, 1.807) is 10.8 Å². The zero-order valence-electron chi connectivity index (χ0n) is 18.9. The summed E-state index contributed by atoms with van der Waals surface area (Å²) >= 11 is 9.63. The van der Waals surface area contributed by atoms with Gasteiger partial charge in [0.1, 0.15) is 5.82 Å². The fraction of sp³-hybridized carbons (Fsp3) is 0.217. The Hall–Kier alpha value is -3.03. The fourth-order valence-corrected chi connectivity index (χ4v) is 5.68. The lowest BCUT2D eigenvalue weighted by molar-refractivity contribution is -0.0429. The highest BCUT2D eigenvalue weighted by atomic mass is 79.9. The van der Waals surface area contributed by atoms with Crippen molar-refractivity contribution in [3.8, 4) is 22.3 Å². The highest BCUT2D eigenvalue weighted by Gasteiger charge is 2.46. The second-order valence-electron chi connectivity index (χ2n) is 7.96. The largest absolute Gasteiger partial charge is 0.516 e. The number of alkyl halides is 3. The SMILES string of the molecule is CCCc1nc(Cl)c(C(=O)O)n1Cc1c2ccocc-2c(Br)c1-c1ccccc1NS(=O)(=O)C(F)(F)F. The molecule has 0 amide bonds. The van der Waals surface area contributed by atoms with E-state index in [4.69, 9.17) is 16.0 Å². The first-order valence-electron chi connectivity index (χ1n) is 10.7. The van der Waals surface area contributed by atoms with Crippen molar-refractivity contribution in [1.29, 1.82) is 0 Å². The number of aromatic carboxylic acids is 1. The minimum Gasteiger partial charge on any atom is -0.476 e. The van der Waals surface area contributed by atoms with Gasteiger partial charge in [-0.3, -0.25) is 4.72 Å². The summed E-state index contributed by atoms with van der Waals surface area (Å²) in [6.07, 6.45) is 3.87. The van der Waals surface area contributed by atoms with Crippen molar-refractivity contribution in [1.82, 2.24) is 9.55 Å². The Bertz CT molecular complexity index is 1570. The predicted octanol–water partition coefficient (Wildman–Crippen LogP) is 6.62. The number of benzene rings is 1. The minimum atomic E-state index is -5.72. The fourth-order valence-electron chi connectivity index (χ4n) is 4.05. The highest BCUT2D eigenvalue weighted by Crippen LogP contribution is 2.48. The molecule has 1 aromatic heterocycles. The smallest absolute Gasteiger partial charge is 0.476 e. The first-order chi connectivity index (χ1) is 17.4. The van der Waals surface area contributed by atoms with Gasteiger partial charge in [0.2, 0.25) is 0 Å². The molecule has 2 heterocycles. The van der Waals surface area contributed by atoms with Crippen molar-refractivity contribution >= 4 is 49.2 Å². The van der Waals surface area contributed by atoms with Crippen molar-refractivity contribution in [3.05, 3.63) is 69.6 Å². The number of aryl methyl sites for hydroxylation is 1. The number of para-hydroxylation sites is 1. The number of sulfonamides is 1. The minimum absolute atomic E-state index is 0.0709. The number of imidazole rings is 1. The Morgan fingerprint density at radius 1 is 1.22 bits per heavy atom. The summed E-state index contributed by atoms with van der Waals surface area (Å²) in [5.74, 6) is -0.891. The molecule has 0 bridgehead atoms. The molecular weight excluding hydrogens is 603 g/mol. The first kappa shape index (κ1) is 27.0. The number of nitrogens with one attached hydrogen (secondary N) is 1. The molecule has 14 heteroatoms. The normalized spacial score (nSPS) is 12.3. The van der Waals surface area contributed by atoms with Gasteiger partial charge in [0.25, 0.3) is 0 Å². The maximum Gasteiger partial charge on any atom is 0.516 e. The summed E-state index contributed by atoms with van der Waals surface area (Å²) in [4.78, 5) is 16.2. The van der Waals surface area contributed by atoms with E-state index in [0.717, 1.165) is 0 Å². The van der Waals surface area contributed by atoms with Gasteiger partial charge in [0.15, 0.2) is 10.8 Å². The number of carbonyl (C=O) groups is 1. The summed E-state index contributed by atoms with van der Waals surface area (Å²) in [6.45, 7) is 1.82. The lowest BCUT2D eigenvalue weighted by Gasteiger charge is -2.17. The van der Waals surface area contributed by atoms with Crippen molar-refractivity contribution in [3.63, 3.8) is 0 Å². The van der Waals surface area contributed by atoms with Crippen LogP contribution in [-0.4, -0.2) is 34.6 Å². The van der Waals surface area contributed by atoms with Gasteiger partial charge in [-0.1, -0.05) is 36.7 Å². The van der Waals surface area contributed by atoms with Crippen LogP contribution in [0, 0.1) is 0 Å². The molecule has 4 rings (SSSR count).